The van der Waals surface area contributed by atoms with Gasteiger partial charge in [-0.25, -0.2) is 4.39 Å². The van der Waals surface area contributed by atoms with Gasteiger partial charge in [-0.3, -0.25) is 0 Å². The molecule has 0 fully saturated rings. The Balaban J connectivity index is 1.64. The molecule has 0 bridgehead atoms. The monoisotopic (exact) mass is 535 g/mol. The Bertz CT molecular complexity index is 1360. The largest absolute Gasteiger partial charge is 0.493 e. The number of nitrogens with zero attached hydrogens (tertiary/aromatic N) is 1. The van der Waals surface area contributed by atoms with Crippen LogP contribution in [0.3, 0.4) is 0 Å². The van der Waals surface area contributed by atoms with Crippen molar-refractivity contribution in [1.82, 2.24) is 0 Å². The fraction of sp³-hybridized carbons (Fsp3) is 0.0741. The molecule has 32 heavy (non-hydrogen) atoms. The Morgan fingerprint density at radius 3 is 2.56 bits per heavy atom. The summed E-state index contributed by atoms with van der Waals surface area (Å²) in [5.74, 6) is 0.833. The van der Waals surface area contributed by atoms with Crippen molar-refractivity contribution in [3.63, 3.8) is 0 Å². The molecular formula is C27H19FINO2. The van der Waals surface area contributed by atoms with Gasteiger partial charge < -0.3 is 9.47 Å². The molecule has 0 amide bonds. The van der Waals surface area contributed by atoms with Gasteiger partial charge in [0.05, 0.1) is 22.3 Å². The van der Waals surface area contributed by atoms with Crippen LogP contribution in [0, 0.1) is 20.7 Å². The van der Waals surface area contributed by atoms with E-state index in [2.05, 4.69) is 28.7 Å². The predicted molar refractivity (Wildman–Crippen MR) is 134 cm³/mol. The molecule has 4 aromatic rings. The summed E-state index contributed by atoms with van der Waals surface area (Å²) in [5, 5.41) is 12.0. The van der Waals surface area contributed by atoms with E-state index in [-0.39, 0.29) is 12.4 Å². The van der Waals surface area contributed by atoms with Crippen LogP contribution in [-0.4, -0.2) is 7.11 Å². The Kier molecular flexibility index (Phi) is 6.72. The van der Waals surface area contributed by atoms with Crippen molar-refractivity contribution in [2.24, 2.45) is 0 Å². The fourth-order valence-corrected chi connectivity index (χ4v) is 4.23. The van der Waals surface area contributed by atoms with E-state index in [1.807, 2.05) is 66.7 Å². The number of hydrogen-bond acceptors (Lipinski definition) is 3. The van der Waals surface area contributed by atoms with Crippen LogP contribution in [0.2, 0.25) is 0 Å². The van der Waals surface area contributed by atoms with Crippen LogP contribution in [0.5, 0.6) is 11.5 Å². The normalized spacial score (nSPS) is 11.2. The molecule has 4 rings (SSSR count). The quantitative estimate of drug-likeness (QED) is 0.149. The second-order valence-corrected chi connectivity index (χ2v) is 8.35. The first-order valence-electron chi connectivity index (χ1n) is 9.93. The molecule has 0 aliphatic rings. The second-order valence-electron chi connectivity index (χ2n) is 7.18. The summed E-state index contributed by atoms with van der Waals surface area (Å²) in [6, 6.07) is 26.4. The van der Waals surface area contributed by atoms with Crippen LogP contribution in [-0.2, 0) is 6.61 Å². The fourth-order valence-electron chi connectivity index (χ4n) is 3.45. The van der Waals surface area contributed by atoms with Crippen molar-refractivity contribution in [2.45, 2.75) is 6.61 Å². The topological polar surface area (TPSA) is 42.2 Å². The van der Waals surface area contributed by atoms with Crippen LogP contribution in [0.1, 0.15) is 16.7 Å². The number of hydrogen-bond donors (Lipinski definition) is 0. The molecule has 0 aliphatic carbocycles. The average molecular weight is 535 g/mol. The zero-order valence-electron chi connectivity index (χ0n) is 17.3. The Morgan fingerprint density at radius 1 is 1.00 bits per heavy atom. The van der Waals surface area contributed by atoms with Crippen molar-refractivity contribution in [3.05, 3.63) is 105 Å². The smallest absolute Gasteiger partial charge is 0.174 e. The molecule has 0 aromatic heterocycles. The molecule has 4 aromatic carbocycles. The van der Waals surface area contributed by atoms with Crippen molar-refractivity contribution < 1.29 is 13.9 Å². The molecule has 158 valence electrons. The maximum absolute atomic E-state index is 13.4. The number of allylic oxidation sites excluding steroid dienone is 1. The predicted octanol–water partition coefficient (Wildman–Crippen LogP) is 7.24. The van der Waals surface area contributed by atoms with E-state index >= 15 is 0 Å². The number of rotatable bonds is 6. The Morgan fingerprint density at radius 2 is 1.81 bits per heavy atom. The first-order valence-corrected chi connectivity index (χ1v) is 11.0. The number of ether oxygens (including phenoxy) is 2. The van der Waals surface area contributed by atoms with E-state index in [0.717, 1.165) is 31.0 Å². The van der Waals surface area contributed by atoms with Crippen LogP contribution >= 0.6 is 22.6 Å². The third-order valence-corrected chi connectivity index (χ3v) is 5.82. The van der Waals surface area contributed by atoms with Crippen molar-refractivity contribution in [1.29, 1.82) is 5.26 Å². The third-order valence-electron chi connectivity index (χ3n) is 5.02. The number of methoxy groups -OCH3 is 1. The van der Waals surface area contributed by atoms with E-state index in [1.165, 1.54) is 12.1 Å². The highest BCUT2D eigenvalue weighted by Crippen LogP contribution is 2.36. The van der Waals surface area contributed by atoms with E-state index in [4.69, 9.17) is 9.47 Å². The lowest BCUT2D eigenvalue weighted by Crippen LogP contribution is -2.00. The SMILES string of the molecule is COc1cc(/C=C(/C#N)c2ccc3ccccc3c2)cc(I)c1OCc1cccc(F)c1. The van der Waals surface area contributed by atoms with Crippen LogP contribution in [0.15, 0.2) is 78.9 Å². The molecule has 0 saturated heterocycles. The lowest BCUT2D eigenvalue weighted by atomic mass is 10.00. The van der Waals surface area contributed by atoms with Gasteiger partial charge in [-0.1, -0.05) is 48.5 Å². The molecule has 0 spiro atoms. The zero-order valence-corrected chi connectivity index (χ0v) is 19.5. The zero-order chi connectivity index (χ0) is 22.5. The summed E-state index contributed by atoms with van der Waals surface area (Å²) in [7, 11) is 1.57. The molecule has 0 saturated carbocycles. The second kappa shape index (κ2) is 9.84. The third kappa shape index (κ3) is 4.92. The minimum absolute atomic E-state index is 0.222. The van der Waals surface area contributed by atoms with Crippen LogP contribution in [0.4, 0.5) is 4.39 Å². The lowest BCUT2D eigenvalue weighted by molar-refractivity contribution is 0.282. The van der Waals surface area contributed by atoms with Gasteiger partial charge in [-0.15, -0.1) is 0 Å². The summed E-state index contributed by atoms with van der Waals surface area (Å²) in [6.45, 7) is 0.222. The van der Waals surface area contributed by atoms with E-state index < -0.39 is 0 Å². The molecule has 0 heterocycles. The van der Waals surface area contributed by atoms with Gasteiger partial charge in [-0.2, -0.15) is 5.26 Å². The van der Waals surface area contributed by atoms with E-state index in [9.17, 15) is 9.65 Å². The summed E-state index contributed by atoms with van der Waals surface area (Å²) in [6.07, 6.45) is 1.84. The summed E-state index contributed by atoms with van der Waals surface area (Å²) in [4.78, 5) is 0. The number of benzene rings is 4. The van der Waals surface area contributed by atoms with Crippen molar-refractivity contribution in [3.8, 4) is 17.6 Å². The van der Waals surface area contributed by atoms with E-state index in [0.29, 0.717) is 17.1 Å². The van der Waals surface area contributed by atoms with Crippen LogP contribution < -0.4 is 9.47 Å². The molecular weight excluding hydrogens is 516 g/mol. The van der Waals surface area contributed by atoms with Gasteiger partial charge in [0.1, 0.15) is 12.4 Å². The first kappa shape index (κ1) is 21.8. The molecule has 3 nitrogen and oxygen atoms in total. The first-order chi connectivity index (χ1) is 15.6. The highest BCUT2D eigenvalue weighted by Gasteiger charge is 2.13. The highest BCUT2D eigenvalue weighted by atomic mass is 127. The molecule has 5 heteroatoms. The van der Waals surface area contributed by atoms with Gasteiger partial charge in [-0.05, 0) is 86.5 Å². The Hall–Kier alpha value is -3.37. The standard InChI is InChI=1S/C27H19FINO2/c1-31-26-14-19(13-25(29)27(26)32-17-18-5-4-8-24(28)12-18)11-23(16-30)22-10-9-20-6-2-3-7-21(20)15-22/h2-15H,17H2,1H3/b23-11-. The average Bonchev–Trinajstić information content (AvgIpc) is 2.81. The molecule has 0 N–H and O–H groups in total. The molecule has 0 aliphatic heterocycles. The van der Waals surface area contributed by atoms with Crippen molar-refractivity contribution >= 4 is 45.0 Å². The number of nitriles is 1. The van der Waals surface area contributed by atoms with Gasteiger partial charge in [0.2, 0.25) is 0 Å². The molecule has 0 atom stereocenters. The van der Waals surface area contributed by atoms with Crippen molar-refractivity contribution in [2.75, 3.05) is 7.11 Å². The minimum Gasteiger partial charge on any atom is -0.493 e. The van der Waals surface area contributed by atoms with Gasteiger partial charge in [0.25, 0.3) is 0 Å². The Labute approximate surface area is 199 Å². The number of fused-ring (bicyclic) bond motifs is 1. The van der Waals surface area contributed by atoms with Gasteiger partial charge in [0, 0.05) is 0 Å². The highest BCUT2D eigenvalue weighted by molar-refractivity contribution is 14.1. The maximum atomic E-state index is 13.4. The maximum Gasteiger partial charge on any atom is 0.174 e. The lowest BCUT2D eigenvalue weighted by Gasteiger charge is -2.14. The van der Waals surface area contributed by atoms with Gasteiger partial charge in [0.15, 0.2) is 11.5 Å². The minimum atomic E-state index is -0.300. The summed E-state index contributed by atoms with van der Waals surface area (Å²) < 4.78 is 25.7. The molecule has 0 unspecified atom stereocenters. The van der Waals surface area contributed by atoms with Crippen LogP contribution in [0.25, 0.3) is 22.4 Å². The van der Waals surface area contributed by atoms with Gasteiger partial charge >= 0.3 is 0 Å². The number of halogens is 2. The van der Waals surface area contributed by atoms with E-state index in [1.54, 1.807) is 13.2 Å². The summed E-state index contributed by atoms with van der Waals surface area (Å²) in [5.41, 5.74) is 2.97. The molecule has 0 radical (unpaired) electrons. The summed E-state index contributed by atoms with van der Waals surface area (Å²) >= 11 is 2.18.